The van der Waals surface area contributed by atoms with E-state index in [1.165, 1.54) is 15.3 Å². The van der Waals surface area contributed by atoms with Crippen LogP contribution in [0.25, 0.3) is 0 Å². The Morgan fingerprint density at radius 1 is 1.33 bits per heavy atom. The number of hydrogen-bond donors (Lipinski definition) is 1. The number of thiophene rings is 2. The van der Waals surface area contributed by atoms with Crippen molar-refractivity contribution in [3.8, 4) is 0 Å². The Bertz CT molecular complexity index is 598. The van der Waals surface area contributed by atoms with E-state index in [1.54, 1.807) is 22.7 Å². The quantitative estimate of drug-likeness (QED) is 0.925. The summed E-state index contributed by atoms with van der Waals surface area (Å²) in [5.74, 6) is -0.815. The molecule has 0 aliphatic carbocycles. The number of likely N-dealkylation sites (tertiary alicyclic amines) is 1. The maximum atomic E-state index is 11.1. The second-order valence-electron chi connectivity index (χ2n) is 5.59. The fourth-order valence-corrected chi connectivity index (χ4v) is 4.95. The Balaban J connectivity index is 1.82. The monoisotopic (exact) mass is 321 g/mol. The first-order valence-electron chi connectivity index (χ1n) is 7.20. The van der Waals surface area contributed by atoms with Crippen molar-refractivity contribution in [3.63, 3.8) is 0 Å². The van der Waals surface area contributed by atoms with Gasteiger partial charge in [-0.3, -0.25) is 9.69 Å². The molecule has 1 saturated heterocycles. The van der Waals surface area contributed by atoms with Gasteiger partial charge < -0.3 is 5.11 Å². The summed E-state index contributed by atoms with van der Waals surface area (Å²) in [6, 6.07) is 6.84. The highest BCUT2D eigenvalue weighted by Gasteiger charge is 2.31. The number of hydrogen-bond acceptors (Lipinski definition) is 4. The Morgan fingerprint density at radius 3 is 2.62 bits per heavy atom. The number of aryl methyl sites for hydroxylation is 1. The normalized spacial score (nSPS) is 18.7. The second kappa shape index (κ2) is 6.30. The summed E-state index contributed by atoms with van der Waals surface area (Å²) < 4.78 is 0. The van der Waals surface area contributed by atoms with E-state index in [2.05, 4.69) is 40.8 Å². The molecule has 0 bridgehead atoms. The van der Waals surface area contributed by atoms with Crippen molar-refractivity contribution in [1.29, 1.82) is 0 Å². The van der Waals surface area contributed by atoms with Gasteiger partial charge in [-0.25, -0.2) is 0 Å². The summed E-state index contributed by atoms with van der Waals surface area (Å²) in [5.41, 5.74) is 1.30. The molecule has 3 heterocycles. The summed E-state index contributed by atoms with van der Waals surface area (Å²) in [7, 11) is 0. The van der Waals surface area contributed by atoms with Gasteiger partial charge in [-0.15, -0.1) is 22.7 Å². The number of carboxylic acids is 1. The van der Waals surface area contributed by atoms with Crippen molar-refractivity contribution in [2.24, 2.45) is 5.92 Å². The molecule has 1 aliphatic rings. The molecule has 1 unspecified atom stereocenters. The summed E-state index contributed by atoms with van der Waals surface area (Å²) in [6.07, 6.45) is 1.50. The van der Waals surface area contributed by atoms with Crippen LogP contribution in [0.2, 0.25) is 0 Å². The molecule has 0 amide bonds. The number of nitrogens with zero attached hydrogens (tertiary/aromatic N) is 1. The smallest absolute Gasteiger partial charge is 0.306 e. The molecule has 1 fully saturated rings. The maximum Gasteiger partial charge on any atom is 0.306 e. The minimum atomic E-state index is -0.644. The maximum absolute atomic E-state index is 11.1. The molecule has 2 aromatic rings. The number of rotatable bonds is 4. The van der Waals surface area contributed by atoms with E-state index in [4.69, 9.17) is 5.11 Å². The molecule has 1 atom stereocenters. The highest BCUT2D eigenvalue weighted by atomic mass is 32.1. The summed E-state index contributed by atoms with van der Waals surface area (Å²) in [6.45, 7) is 3.84. The zero-order chi connectivity index (χ0) is 14.8. The van der Waals surface area contributed by atoms with Gasteiger partial charge in [0.15, 0.2) is 0 Å². The molecule has 0 aromatic carbocycles. The first-order chi connectivity index (χ1) is 10.1. The average molecular weight is 321 g/mol. The SMILES string of the molecule is Cc1csc(C(c2cccs2)N2CCC(C(=O)O)CC2)c1. The van der Waals surface area contributed by atoms with Gasteiger partial charge in [-0.1, -0.05) is 6.07 Å². The largest absolute Gasteiger partial charge is 0.481 e. The average Bonchev–Trinajstić information content (AvgIpc) is 3.12. The van der Waals surface area contributed by atoms with Gasteiger partial charge in [-0.2, -0.15) is 0 Å². The van der Waals surface area contributed by atoms with Gasteiger partial charge in [0, 0.05) is 9.75 Å². The lowest BCUT2D eigenvalue weighted by atomic mass is 9.95. The van der Waals surface area contributed by atoms with Crippen LogP contribution in [0.5, 0.6) is 0 Å². The summed E-state index contributed by atoms with van der Waals surface area (Å²) in [5, 5.41) is 13.5. The highest BCUT2D eigenvalue weighted by molar-refractivity contribution is 7.11. The van der Waals surface area contributed by atoms with Gasteiger partial charge in [-0.05, 0) is 61.3 Å². The number of aliphatic carboxylic acids is 1. The molecule has 112 valence electrons. The van der Waals surface area contributed by atoms with Gasteiger partial charge in [0.05, 0.1) is 12.0 Å². The third-order valence-electron chi connectivity index (χ3n) is 4.08. The standard InChI is InChI=1S/C16H19NO2S2/c1-11-9-14(21-10-11)15(13-3-2-8-20-13)17-6-4-12(5-7-17)16(18)19/h2-3,8-10,12,15H,4-7H2,1H3,(H,18,19). The van der Waals surface area contributed by atoms with E-state index >= 15 is 0 Å². The Hall–Kier alpha value is -1.17. The van der Waals surface area contributed by atoms with Gasteiger partial charge in [0.1, 0.15) is 0 Å². The van der Waals surface area contributed by atoms with E-state index in [9.17, 15) is 4.79 Å². The predicted molar refractivity (Wildman–Crippen MR) is 87.2 cm³/mol. The molecule has 1 aliphatic heterocycles. The lowest BCUT2D eigenvalue weighted by molar-refractivity contribution is -0.143. The van der Waals surface area contributed by atoms with Crippen LogP contribution in [-0.2, 0) is 4.79 Å². The third-order valence-corrected chi connectivity index (χ3v) is 6.10. The molecule has 2 aromatic heterocycles. The topological polar surface area (TPSA) is 40.5 Å². The summed E-state index contributed by atoms with van der Waals surface area (Å²) in [4.78, 5) is 16.3. The van der Waals surface area contributed by atoms with Crippen LogP contribution in [0.1, 0.15) is 34.2 Å². The van der Waals surface area contributed by atoms with Crippen molar-refractivity contribution in [3.05, 3.63) is 44.3 Å². The van der Waals surface area contributed by atoms with Crippen molar-refractivity contribution < 1.29 is 9.90 Å². The molecular weight excluding hydrogens is 302 g/mol. The molecule has 1 N–H and O–H groups in total. The van der Waals surface area contributed by atoms with Crippen LogP contribution in [0.15, 0.2) is 29.0 Å². The van der Waals surface area contributed by atoms with Gasteiger partial charge in [0.25, 0.3) is 0 Å². The molecule has 0 radical (unpaired) electrons. The molecular formula is C16H19NO2S2. The van der Waals surface area contributed by atoms with Crippen LogP contribution in [-0.4, -0.2) is 29.1 Å². The first kappa shape index (κ1) is 14.8. The van der Waals surface area contributed by atoms with Crippen molar-refractivity contribution >= 4 is 28.6 Å². The van der Waals surface area contributed by atoms with Crippen LogP contribution in [0.3, 0.4) is 0 Å². The zero-order valence-electron chi connectivity index (χ0n) is 12.0. The lowest BCUT2D eigenvalue weighted by Gasteiger charge is -2.35. The number of carboxylic acid groups (broad SMARTS) is 1. The van der Waals surface area contributed by atoms with Crippen LogP contribution in [0, 0.1) is 12.8 Å². The van der Waals surface area contributed by atoms with E-state index < -0.39 is 5.97 Å². The highest BCUT2D eigenvalue weighted by Crippen LogP contribution is 2.37. The van der Waals surface area contributed by atoms with E-state index in [0.29, 0.717) is 6.04 Å². The Kier molecular flexibility index (Phi) is 4.42. The molecule has 3 rings (SSSR count). The minimum Gasteiger partial charge on any atom is -0.481 e. The fraction of sp³-hybridized carbons (Fsp3) is 0.438. The van der Waals surface area contributed by atoms with Crippen LogP contribution >= 0.6 is 22.7 Å². The first-order valence-corrected chi connectivity index (χ1v) is 8.96. The van der Waals surface area contributed by atoms with E-state index in [-0.39, 0.29) is 5.92 Å². The number of carbonyl (C=O) groups is 1. The van der Waals surface area contributed by atoms with Gasteiger partial charge >= 0.3 is 5.97 Å². The summed E-state index contributed by atoms with van der Waals surface area (Å²) >= 11 is 3.59. The molecule has 21 heavy (non-hydrogen) atoms. The molecule has 3 nitrogen and oxygen atoms in total. The second-order valence-corrected chi connectivity index (χ2v) is 7.51. The third kappa shape index (κ3) is 3.20. The fourth-order valence-electron chi connectivity index (χ4n) is 2.95. The van der Waals surface area contributed by atoms with Crippen LogP contribution in [0.4, 0.5) is 0 Å². The molecule has 5 heteroatoms. The number of piperidine rings is 1. The van der Waals surface area contributed by atoms with Crippen molar-refractivity contribution in [2.75, 3.05) is 13.1 Å². The van der Waals surface area contributed by atoms with Crippen molar-refractivity contribution in [2.45, 2.75) is 25.8 Å². The Labute approximate surface area is 132 Å². The molecule has 0 saturated carbocycles. The predicted octanol–water partition coefficient (Wildman–Crippen LogP) is 4.00. The minimum absolute atomic E-state index is 0.171. The lowest BCUT2D eigenvalue weighted by Crippen LogP contribution is -2.38. The van der Waals surface area contributed by atoms with Crippen molar-refractivity contribution in [1.82, 2.24) is 4.90 Å². The van der Waals surface area contributed by atoms with E-state index in [0.717, 1.165) is 25.9 Å². The van der Waals surface area contributed by atoms with E-state index in [1.807, 2.05) is 0 Å². The zero-order valence-corrected chi connectivity index (χ0v) is 13.6. The van der Waals surface area contributed by atoms with Crippen LogP contribution < -0.4 is 0 Å². The van der Waals surface area contributed by atoms with Gasteiger partial charge in [0.2, 0.25) is 0 Å². The molecule has 0 spiro atoms. The Morgan fingerprint density at radius 2 is 2.10 bits per heavy atom.